The van der Waals surface area contributed by atoms with Crippen molar-refractivity contribution in [2.45, 2.75) is 6.92 Å². The van der Waals surface area contributed by atoms with Gasteiger partial charge in [-0.1, -0.05) is 0 Å². The second-order valence-electron chi connectivity index (χ2n) is 3.74. The summed E-state index contributed by atoms with van der Waals surface area (Å²) in [7, 11) is 3.10. The van der Waals surface area contributed by atoms with Crippen molar-refractivity contribution < 1.29 is 14.2 Å². The minimum absolute atomic E-state index is 0.450. The molecule has 2 rings (SSSR count). The molecule has 0 unspecified atom stereocenters. The van der Waals surface area contributed by atoms with Crippen LogP contribution >= 0.6 is 0 Å². The number of hydrogen-bond donors (Lipinski definition) is 2. The number of aryl methyl sites for hydroxylation is 1. The van der Waals surface area contributed by atoms with E-state index in [1.807, 2.05) is 6.92 Å². The molecule has 1 aromatic heterocycles. The Morgan fingerprint density at radius 1 is 1.06 bits per heavy atom. The first kappa shape index (κ1) is 12.1. The van der Waals surface area contributed by atoms with Gasteiger partial charge in [0.25, 0.3) is 0 Å². The lowest BCUT2D eigenvalue weighted by Gasteiger charge is -2.11. The summed E-state index contributed by atoms with van der Waals surface area (Å²) in [4.78, 5) is 0. The number of aromatic amines is 1. The number of rotatable bonds is 4. The van der Waals surface area contributed by atoms with Crippen LogP contribution in [0.25, 0.3) is 0 Å². The van der Waals surface area contributed by atoms with Crippen molar-refractivity contribution in [3.05, 3.63) is 23.9 Å². The minimum Gasteiger partial charge on any atom is -0.493 e. The highest BCUT2D eigenvalue weighted by Crippen LogP contribution is 2.37. The number of methoxy groups -OCH3 is 2. The Morgan fingerprint density at radius 3 is 2.28 bits per heavy atom. The zero-order valence-corrected chi connectivity index (χ0v) is 10.5. The fraction of sp³-hybridized carbons (Fsp3) is 0.250. The zero-order chi connectivity index (χ0) is 13.1. The van der Waals surface area contributed by atoms with Gasteiger partial charge in [0, 0.05) is 23.9 Å². The lowest BCUT2D eigenvalue weighted by atomic mass is 10.2. The first-order valence-corrected chi connectivity index (χ1v) is 5.35. The maximum atomic E-state index is 5.88. The number of nitrogens with one attached hydrogen (secondary N) is 1. The van der Waals surface area contributed by atoms with Gasteiger partial charge in [0.2, 0.25) is 5.88 Å². The second-order valence-corrected chi connectivity index (χ2v) is 3.74. The molecule has 0 spiro atoms. The van der Waals surface area contributed by atoms with E-state index in [-0.39, 0.29) is 0 Å². The number of H-pyrrole nitrogens is 1. The third-order valence-corrected chi connectivity index (χ3v) is 2.41. The quantitative estimate of drug-likeness (QED) is 0.811. The van der Waals surface area contributed by atoms with E-state index in [1.54, 1.807) is 32.4 Å². The lowest BCUT2D eigenvalue weighted by Crippen LogP contribution is -1.97. The molecule has 1 heterocycles. The highest BCUT2D eigenvalue weighted by atomic mass is 16.5. The molecule has 96 valence electrons. The van der Waals surface area contributed by atoms with Gasteiger partial charge >= 0.3 is 0 Å². The van der Waals surface area contributed by atoms with E-state index in [0.29, 0.717) is 28.8 Å². The van der Waals surface area contributed by atoms with Gasteiger partial charge in [0.15, 0.2) is 17.2 Å². The summed E-state index contributed by atoms with van der Waals surface area (Å²) in [6.45, 7) is 1.89. The molecular weight excluding hydrogens is 234 g/mol. The minimum atomic E-state index is 0.450. The molecule has 0 fully saturated rings. The summed E-state index contributed by atoms with van der Waals surface area (Å²) in [5, 5.41) is 6.76. The lowest BCUT2D eigenvalue weighted by molar-refractivity contribution is 0.352. The van der Waals surface area contributed by atoms with E-state index in [9.17, 15) is 0 Å². The predicted molar refractivity (Wildman–Crippen MR) is 67.4 cm³/mol. The molecule has 0 amide bonds. The maximum absolute atomic E-state index is 5.88. The Kier molecular flexibility index (Phi) is 3.27. The van der Waals surface area contributed by atoms with E-state index in [2.05, 4.69) is 10.2 Å². The average molecular weight is 249 g/mol. The molecule has 6 nitrogen and oxygen atoms in total. The van der Waals surface area contributed by atoms with Crippen LogP contribution < -0.4 is 19.9 Å². The third-order valence-electron chi connectivity index (χ3n) is 2.41. The van der Waals surface area contributed by atoms with Crippen LogP contribution in [0.4, 0.5) is 5.69 Å². The molecule has 0 radical (unpaired) electrons. The molecule has 0 aliphatic carbocycles. The fourth-order valence-electron chi connectivity index (χ4n) is 1.52. The standard InChI is InChI=1S/C12H15N3O3/c1-7-4-12(15-14-7)18-9-6-11(17-3)10(16-2)5-8(9)13/h4-6H,13H2,1-3H3,(H,14,15). The molecular formula is C12H15N3O3. The van der Waals surface area contributed by atoms with Gasteiger partial charge < -0.3 is 19.9 Å². The molecule has 1 aromatic carbocycles. The van der Waals surface area contributed by atoms with Crippen molar-refractivity contribution in [3.8, 4) is 23.1 Å². The van der Waals surface area contributed by atoms with E-state index in [0.717, 1.165) is 5.69 Å². The Morgan fingerprint density at radius 2 is 1.72 bits per heavy atom. The number of benzene rings is 1. The first-order chi connectivity index (χ1) is 8.63. The van der Waals surface area contributed by atoms with Gasteiger partial charge in [0.05, 0.1) is 19.9 Å². The number of ether oxygens (including phenoxy) is 3. The topological polar surface area (TPSA) is 82.4 Å². The number of anilines is 1. The molecule has 0 saturated heterocycles. The SMILES string of the molecule is COc1cc(N)c(Oc2cc(C)[nH]n2)cc1OC. The second kappa shape index (κ2) is 4.87. The highest BCUT2D eigenvalue weighted by Gasteiger charge is 2.11. The Labute approximate surface area is 105 Å². The fourth-order valence-corrected chi connectivity index (χ4v) is 1.52. The summed E-state index contributed by atoms with van der Waals surface area (Å²) in [5.41, 5.74) is 7.24. The molecule has 0 aliphatic rings. The monoisotopic (exact) mass is 249 g/mol. The van der Waals surface area contributed by atoms with Gasteiger partial charge in [-0.15, -0.1) is 5.10 Å². The van der Waals surface area contributed by atoms with Gasteiger partial charge in [-0.25, -0.2) is 0 Å². The number of nitrogen functional groups attached to an aromatic ring is 1. The first-order valence-electron chi connectivity index (χ1n) is 5.35. The summed E-state index contributed by atoms with van der Waals surface area (Å²) in [5.74, 6) is 2.03. The van der Waals surface area contributed by atoms with E-state index in [1.165, 1.54) is 0 Å². The largest absolute Gasteiger partial charge is 0.493 e. The van der Waals surface area contributed by atoms with E-state index >= 15 is 0 Å². The van der Waals surface area contributed by atoms with Gasteiger partial charge in [-0.2, -0.15) is 0 Å². The zero-order valence-electron chi connectivity index (χ0n) is 10.5. The van der Waals surface area contributed by atoms with Crippen LogP contribution in [0.2, 0.25) is 0 Å². The molecule has 0 atom stereocenters. The van der Waals surface area contributed by atoms with Crippen LogP contribution in [0.5, 0.6) is 23.1 Å². The Hall–Kier alpha value is -2.37. The van der Waals surface area contributed by atoms with Crippen LogP contribution in [-0.2, 0) is 0 Å². The number of aromatic nitrogens is 2. The normalized spacial score (nSPS) is 10.2. The predicted octanol–water partition coefficient (Wildman–Crippen LogP) is 2.11. The third kappa shape index (κ3) is 2.32. The molecule has 0 aliphatic heterocycles. The molecule has 3 N–H and O–H groups in total. The maximum Gasteiger partial charge on any atom is 0.238 e. The summed E-state index contributed by atoms with van der Waals surface area (Å²) < 4.78 is 15.9. The molecule has 2 aromatic rings. The summed E-state index contributed by atoms with van der Waals surface area (Å²) in [6.07, 6.45) is 0. The van der Waals surface area contributed by atoms with Crippen LogP contribution in [0.3, 0.4) is 0 Å². The Balaban J connectivity index is 2.33. The summed E-state index contributed by atoms with van der Waals surface area (Å²) >= 11 is 0. The van der Waals surface area contributed by atoms with Crippen molar-refractivity contribution >= 4 is 5.69 Å². The average Bonchev–Trinajstić information content (AvgIpc) is 2.77. The molecule has 0 saturated carbocycles. The molecule has 18 heavy (non-hydrogen) atoms. The van der Waals surface area contributed by atoms with Gasteiger partial charge in [-0.3, -0.25) is 5.10 Å². The highest BCUT2D eigenvalue weighted by molar-refractivity contribution is 5.62. The van der Waals surface area contributed by atoms with Crippen LogP contribution in [-0.4, -0.2) is 24.4 Å². The number of hydrogen-bond acceptors (Lipinski definition) is 5. The van der Waals surface area contributed by atoms with Crippen molar-refractivity contribution in [3.63, 3.8) is 0 Å². The van der Waals surface area contributed by atoms with Gasteiger partial charge in [0.1, 0.15) is 0 Å². The Bertz CT molecular complexity index is 551. The van der Waals surface area contributed by atoms with Crippen molar-refractivity contribution in [2.24, 2.45) is 0 Å². The number of nitrogens with two attached hydrogens (primary N) is 1. The van der Waals surface area contributed by atoms with Gasteiger partial charge in [-0.05, 0) is 6.92 Å². The number of nitrogens with zero attached hydrogens (tertiary/aromatic N) is 1. The summed E-state index contributed by atoms with van der Waals surface area (Å²) in [6, 6.07) is 5.09. The molecule has 6 heteroatoms. The van der Waals surface area contributed by atoms with Crippen molar-refractivity contribution in [2.75, 3.05) is 20.0 Å². The molecule has 0 bridgehead atoms. The van der Waals surface area contributed by atoms with E-state index in [4.69, 9.17) is 19.9 Å². The van der Waals surface area contributed by atoms with E-state index < -0.39 is 0 Å². The van der Waals surface area contributed by atoms with Crippen molar-refractivity contribution in [1.82, 2.24) is 10.2 Å². The van der Waals surface area contributed by atoms with Crippen LogP contribution in [0.1, 0.15) is 5.69 Å². The smallest absolute Gasteiger partial charge is 0.238 e. The van der Waals surface area contributed by atoms with Crippen molar-refractivity contribution in [1.29, 1.82) is 0 Å². The van der Waals surface area contributed by atoms with Crippen LogP contribution in [0.15, 0.2) is 18.2 Å². The van der Waals surface area contributed by atoms with Crippen LogP contribution in [0, 0.1) is 6.92 Å².